The maximum atomic E-state index is 6.18. The topological polar surface area (TPSA) is 52.8 Å². The predicted molar refractivity (Wildman–Crippen MR) is 82.1 cm³/mol. The quantitative estimate of drug-likeness (QED) is 0.811. The van der Waals surface area contributed by atoms with Gasteiger partial charge in [0.2, 0.25) is 0 Å². The van der Waals surface area contributed by atoms with E-state index in [1.807, 2.05) is 7.05 Å². The second kappa shape index (κ2) is 6.28. The second-order valence-electron chi connectivity index (χ2n) is 5.81. The molecule has 21 heavy (non-hydrogen) atoms. The van der Waals surface area contributed by atoms with E-state index in [2.05, 4.69) is 22.0 Å². The third-order valence-electron chi connectivity index (χ3n) is 4.35. The summed E-state index contributed by atoms with van der Waals surface area (Å²) in [7, 11) is 1.85. The molecule has 1 aliphatic carbocycles. The second-order valence-corrected chi connectivity index (χ2v) is 6.17. The summed E-state index contributed by atoms with van der Waals surface area (Å²) in [6.07, 6.45) is 8.13. The Morgan fingerprint density at radius 2 is 2.24 bits per heavy atom. The minimum atomic E-state index is 0.327. The zero-order chi connectivity index (χ0) is 14.8. The molecule has 2 heterocycles. The molecule has 0 amide bonds. The van der Waals surface area contributed by atoms with Crippen LogP contribution in [-0.2, 0) is 18.4 Å². The Morgan fingerprint density at radius 3 is 3.05 bits per heavy atom. The molecule has 0 aromatic carbocycles. The van der Waals surface area contributed by atoms with E-state index in [0.29, 0.717) is 23.7 Å². The summed E-state index contributed by atoms with van der Waals surface area (Å²) >= 11 is 6.18. The molecule has 5 nitrogen and oxygen atoms in total. The molecule has 2 aromatic heterocycles. The van der Waals surface area contributed by atoms with Crippen molar-refractivity contribution in [2.45, 2.75) is 51.7 Å². The van der Waals surface area contributed by atoms with Crippen molar-refractivity contribution in [2.75, 3.05) is 0 Å². The van der Waals surface area contributed by atoms with Crippen molar-refractivity contribution in [3.63, 3.8) is 0 Å². The van der Waals surface area contributed by atoms with Gasteiger partial charge in [0.1, 0.15) is 11.8 Å². The van der Waals surface area contributed by atoms with Crippen LogP contribution in [0.25, 0.3) is 11.0 Å². The lowest BCUT2D eigenvalue weighted by Gasteiger charge is -2.28. The summed E-state index contributed by atoms with van der Waals surface area (Å²) in [6.45, 7) is 2.67. The number of nitrogens with zero attached hydrogens (tertiary/aromatic N) is 4. The first-order valence-electron chi connectivity index (χ1n) is 7.63. The third kappa shape index (κ3) is 3.19. The Bertz CT molecular complexity index is 627. The van der Waals surface area contributed by atoms with Crippen molar-refractivity contribution in [1.29, 1.82) is 0 Å². The van der Waals surface area contributed by atoms with Crippen LogP contribution < -0.4 is 0 Å². The van der Waals surface area contributed by atoms with Gasteiger partial charge in [-0.3, -0.25) is 4.68 Å². The summed E-state index contributed by atoms with van der Waals surface area (Å²) in [5, 5.41) is 5.39. The van der Waals surface area contributed by atoms with E-state index in [1.54, 1.807) is 10.9 Å². The Kier molecular flexibility index (Phi) is 4.40. The molecule has 2 atom stereocenters. The Hall–Kier alpha value is -1.20. The molecule has 114 valence electrons. The summed E-state index contributed by atoms with van der Waals surface area (Å²) in [4.78, 5) is 8.81. The normalized spacial score (nSPS) is 22.8. The van der Waals surface area contributed by atoms with Gasteiger partial charge in [0, 0.05) is 7.05 Å². The smallest absolute Gasteiger partial charge is 0.162 e. The fraction of sp³-hybridized carbons (Fsp3) is 0.667. The number of hydrogen-bond acceptors (Lipinski definition) is 4. The molecule has 0 radical (unpaired) electrons. The molecule has 2 aromatic rings. The number of aromatic nitrogens is 4. The van der Waals surface area contributed by atoms with E-state index in [4.69, 9.17) is 16.3 Å². The van der Waals surface area contributed by atoms with Gasteiger partial charge in [0.15, 0.2) is 11.5 Å². The molecular weight excluding hydrogens is 288 g/mol. The van der Waals surface area contributed by atoms with Crippen LogP contribution in [0.1, 0.15) is 44.9 Å². The maximum Gasteiger partial charge on any atom is 0.162 e. The minimum absolute atomic E-state index is 0.327. The van der Waals surface area contributed by atoms with E-state index in [1.165, 1.54) is 19.3 Å². The number of fused-ring (bicyclic) bond motifs is 1. The summed E-state index contributed by atoms with van der Waals surface area (Å²) < 4.78 is 7.72. The van der Waals surface area contributed by atoms with Crippen LogP contribution in [-0.4, -0.2) is 25.9 Å². The lowest BCUT2D eigenvalue weighted by molar-refractivity contribution is -0.00110. The van der Waals surface area contributed by atoms with Crippen LogP contribution in [0.5, 0.6) is 0 Å². The molecule has 1 aliphatic rings. The summed E-state index contributed by atoms with van der Waals surface area (Å²) in [6, 6.07) is 0. The van der Waals surface area contributed by atoms with Crippen molar-refractivity contribution >= 4 is 22.6 Å². The fourth-order valence-corrected chi connectivity index (χ4v) is 3.28. The molecule has 0 bridgehead atoms. The Morgan fingerprint density at radius 1 is 1.38 bits per heavy atom. The predicted octanol–water partition coefficient (Wildman–Crippen LogP) is 3.50. The molecule has 3 rings (SSSR count). The Labute approximate surface area is 129 Å². The molecule has 0 N–H and O–H groups in total. The van der Waals surface area contributed by atoms with Gasteiger partial charge in [0.25, 0.3) is 0 Å². The first-order chi connectivity index (χ1) is 10.2. The third-order valence-corrected chi connectivity index (χ3v) is 4.64. The van der Waals surface area contributed by atoms with E-state index in [0.717, 1.165) is 29.8 Å². The summed E-state index contributed by atoms with van der Waals surface area (Å²) in [5.41, 5.74) is 0.753. The Balaban J connectivity index is 1.69. The number of rotatable bonds is 4. The number of hydrogen-bond donors (Lipinski definition) is 0. The van der Waals surface area contributed by atoms with Crippen molar-refractivity contribution in [2.24, 2.45) is 13.0 Å². The van der Waals surface area contributed by atoms with E-state index < -0.39 is 0 Å². The van der Waals surface area contributed by atoms with Gasteiger partial charge in [0.05, 0.1) is 17.7 Å². The van der Waals surface area contributed by atoms with Crippen LogP contribution in [0.15, 0.2) is 6.20 Å². The molecular formula is C15H21ClN4O. The zero-order valence-electron chi connectivity index (χ0n) is 12.5. The largest absolute Gasteiger partial charge is 0.370 e. The molecule has 1 fully saturated rings. The average molecular weight is 309 g/mol. The average Bonchev–Trinajstić information content (AvgIpc) is 2.87. The highest BCUT2D eigenvalue weighted by molar-refractivity contribution is 6.33. The van der Waals surface area contributed by atoms with Crippen molar-refractivity contribution < 1.29 is 4.74 Å². The lowest BCUT2D eigenvalue weighted by atomic mass is 9.85. The first kappa shape index (κ1) is 14.7. The maximum absolute atomic E-state index is 6.18. The standard InChI is InChI=1S/C15H21ClN4O/c1-3-10-5-4-6-11(7-10)21-9-13-18-14(16)12-8-17-20(2)15(12)19-13/h8,10-11H,3-7,9H2,1-2H3. The van der Waals surface area contributed by atoms with Gasteiger partial charge >= 0.3 is 0 Å². The van der Waals surface area contributed by atoms with Crippen LogP contribution in [0.4, 0.5) is 0 Å². The van der Waals surface area contributed by atoms with Crippen LogP contribution in [0, 0.1) is 5.92 Å². The SMILES string of the molecule is CCC1CCCC(OCc2nc(Cl)c3cnn(C)c3n2)C1. The molecule has 1 saturated carbocycles. The molecule has 0 aliphatic heterocycles. The van der Waals surface area contributed by atoms with Gasteiger partial charge in [-0.05, 0) is 18.8 Å². The van der Waals surface area contributed by atoms with Gasteiger partial charge in [-0.25, -0.2) is 9.97 Å². The van der Waals surface area contributed by atoms with Crippen molar-refractivity contribution in [3.05, 3.63) is 17.2 Å². The van der Waals surface area contributed by atoms with Crippen LogP contribution >= 0.6 is 11.6 Å². The van der Waals surface area contributed by atoms with E-state index >= 15 is 0 Å². The number of aryl methyl sites for hydroxylation is 1. The fourth-order valence-electron chi connectivity index (χ4n) is 3.05. The van der Waals surface area contributed by atoms with Gasteiger partial charge in [-0.2, -0.15) is 5.10 Å². The molecule has 0 spiro atoms. The van der Waals surface area contributed by atoms with Crippen molar-refractivity contribution in [3.8, 4) is 0 Å². The van der Waals surface area contributed by atoms with Crippen molar-refractivity contribution in [1.82, 2.24) is 19.7 Å². The highest BCUT2D eigenvalue weighted by Gasteiger charge is 2.21. The van der Waals surface area contributed by atoms with Gasteiger partial charge in [-0.1, -0.05) is 37.8 Å². The monoisotopic (exact) mass is 308 g/mol. The molecule has 0 saturated heterocycles. The molecule has 2 unspecified atom stereocenters. The lowest BCUT2D eigenvalue weighted by Crippen LogP contribution is -2.22. The van der Waals surface area contributed by atoms with E-state index in [-0.39, 0.29) is 0 Å². The van der Waals surface area contributed by atoms with Gasteiger partial charge in [-0.15, -0.1) is 0 Å². The number of ether oxygens (including phenoxy) is 1. The summed E-state index contributed by atoms with van der Waals surface area (Å²) in [5.74, 6) is 1.43. The highest BCUT2D eigenvalue weighted by Crippen LogP contribution is 2.29. The van der Waals surface area contributed by atoms with Gasteiger partial charge < -0.3 is 4.74 Å². The highest BCUT2D eigenvalue weighted by atomic mass is 35.5. The van der Waals surface area contributed by atoms with Crippen LogP contribution in [0.3, 0.4) is 0 Å². The first-order valence-corrected chi connectivity index (χ1v) is 8.01. The minimum Gasteiger partial charge on any atom is -0.370 e. The molecule has 6 heteroatoms. The zero-order valence-corrected chi connectivity index (χ0v) is 13.3. The van der Waals surface area contributed by atoms with Crippen LogP contribution in [0.2, 0.25) is 5.15 Å². The number of halogens is 1. The van der Waals surface area contributed by atoms with E-state index in [9.17, 15) is 0 Å².